The average Bonchev–Trinajstić information content (AvgIpc) is 3.00. The molecule has 1 aliphatic heterocycles. The lowest BCUT2D eigenvalue weighted by Gasteiger charge is -2.20. The molecule has 21 heavy (non-hydrogen) atoms. The summed E-state index contributed by atoms with van der Waals surface area (Å²) in [6.45, 7) is 5.93. The Morgan fingerprint density at radius 2 is 2.19 bits per heavy atom. The molecule has 116 valence electrons. The van der Waals surface area contributed by atoms with Crippen molar-refractivity contribution in [1.29, 1.82) is 0 Å². The van der Waals surface area contributed by atoms with Gasteiger partial charge < -0.3 is 15.0 Å². The Kier molecular flexibility index (Phi) is 6.21. The smallest absolute Gasteiger partial charge is 0.322 e. The van der Waals surface area contributed by atoms with E-state index in [1.807, 2.05) is 6.92 Å². The van der Waals surface area contributed by atoms with Crippen molar-refractivity contribution in [3.8, 4) is 0 Å². The van der Waals surface area contributed by atoms with Crippen molar-refractivity contribution in [2.75, 3.05) is 33.3 Å². The molecule has 0 aromatic heterocycles. The predicted octanol–water partition coefficient (Wildman–Crippen LogP) is 2.02. The van der Waals surface area contributed by atoms with Crippen molar-refractivity contribution in [3.05, 3.63) is 35.9 Å². The average molecular weight is 290 g/mol. The van der Waals surface area contributed by atoms with Crippen LogP contribution in [-0.4, -0.2) is 50.2 Å². The molecule has 1 heterocycles. The molecule has 2 rings (SSSR count). The van der Waals surface area contributed by atoms with Crippen LogP contribution in [0.4, 0.5) is 0 Å². The summed E-state index contributed by atoms with van der Waals surface area (Å²) in [5, 5.41) is 3.20. The van der Waals surface area contributed by atoms with Crippen LogP contribution in [0.5, 0.6) is 0 Å². The third-order valence-corrected chi connectivity index (χ3v) is 4.21. The van der Waals surface area contributed by atoms with E-state index >= 15 is 0 Å². The van der Waals surface area contributed by atoms with Crippen LogP contribution in [0.1, 0.15) is 31.2 Å². The highest BCUT2D eigenvalue weighted by atomic mass is 16.5. The molecular weight excluding hydrogens is 264 g/mol. The topological polar surface area (TPSA) is 41.6 Å². The van der Waals surface area contributed by atoms with E-state index in [9.17, 15) is 4.79 Å². The molecule has 0 bridgehead atoms. The molecule has 0 amide bonds. The van der Waals surface area contributed by atoms with Gasteiger partial charge in [0.05, 0.1) is 7.11 Å². The third kappa shape index (κ3) is 4.55. The molecule has 1 aliphatic rings. The Bertz CT molecular complexity index is 436. The number of esters is 1. The monoisotopic (exact) mass is 290 g/mol. The molecule has 4 heteroatoms. The van der Waals surface area contributed by atoms with Crippen LogP contribution in [0.3, 0.4) is 0 Å². The van der Waals surface area contributed by atoms with Gasteiger partial charge in [0.15, 0.2) is 0 Å². The predicted molar refractivity (Wildman–Crippen MR) is 84.3 cm³/mol. The van der Waals surface area contributed by atoms with E-state index in [1.165, 1.54) is 19.1 Å². The minimum absolute atomic E-state index is 0.157. The maximum atomic E-state index is 11.7. The molecule has 1 aromatic rings. The number of rotatable bonds is 7. The zero-order valence-electron chi connectivity index (χ0n) is 13.0. The molecule has 0 aliphatic carbocycles. The van der Waals surface area contributed by atoms with Crippen LogP contribution in [0.2, 0.25) is 0 Å². The summed E-state index contributed by atoms with van der Waals surface area (Å²) in [6.07, 6.45) is 2.01. The minimum atomic E-state index is -0.184. The first-order chi connectivity index (χ1) is 10.2. The Morgan fingerprint density at radius 3 is 2.86 bits per heavy atom. The number of ether oxygens (including phenoxy) is 1. The van der Waals surface area contributed by atoms with Gasteiger partial charge in [0.25, 0.3) is 0 Å². The fourth-order valence-corrected chi connectivity index (χ4v) is 3.04. The van der Waals surface area contributed by atoms with Crippen molar-refractivity contribution in [3.63, 3.8) is 0 Å². The first-order valence-corrected chi connectivity index (χ1v) is 7.83. The van der Waals surface area contributed by atoms with Gasteiger partial charge in [-0.05, 0) is 37.4 Å². The molecule has 4 nitrogen and oxygen atoms in total. The van der Waals surface area contributed by atoms with Crippen LogP contribution in [0, 0.1) is 0 Å². The number of hydrogen-bond acceptors (Lipinski definition) is 4. The summed E-state index contributed by atoms with van der Waals surface area (Å²) in [5.74, 6) is 0.470. The van der Waals surface area contributed by atoms with Crippen molar-refractivity contribution in [1.82, 2.24) is 10.2 Å². The van der Waals surface area contributed by atoms with Crippen molar-refractivity contribution in [2.24, 2.45) is 0 Å². The second kappa shape index (κ2) is 8.15. The molecule has 2 unspecified atom stereocenters. The number of likely N-dealkylation sites (tertiary alicyclic amines) is 1. The molecule has 0 radical (unpaired) electrons. The van der Waals surface area contributed by atoms with E-state index in [0.717, 1.165) is 32.6 Å². The van der Waals surface area contributed by atoms with Gasteiger partial charge in [-0.15, -0.1) is 0 Å². The Balaban J connectivity index is 1.81. The van der Waals surface area contributed by atoms with E-state index in [1.54, 1.807) is 0 Å². The van der Waals surface area contributed by atoms with E-state index in [2.05, 4.69) is 40.5 Å². The number of benzene rings is 1. The lowest BCUT2D eigenvalue weighted by Crippen LogP contribution is -2.40. The van der Waals surface area contributed by atoms with E-state index in [4.69, 9.17) is 4.74 Å². The fourth-order valence-electron chi connectivity index (χ4n) is 3.04. The molecule has 1 saturated heterocycles. The van der Waals surface area contributed by atoms with Gasteiger partial charge >= 0.3 is 5.97 Å². The SMILES string of the molecule is CCNC(CCN1CCC(c2ccccc2)C1)C(=O)OC. The quantitative estimate of drug-likeness (QED) is 0.780. The minimum Gasteiger partial charge on any atom is -0.468 e. The second-order valence-corrected chi connectivity index (χ2v) is 5.62. The molecule has 1 aromatic carbocycles. The Morgan fingerprint density at radius 1 is 1.43 bits per heavy atom. The zero-order chi connectivity index (χ0) is 15.1. The Hall–Kier alpha value is -1.39. The zero-order valence-corrected chi connectivity index (χ0v) is 13.0. The summed E-state index contributed by atoms with van der Waals surface area (Å²) in [4.78, 5) is 14.1. The molecule has 1 fully saturated rings. The molecule has 1 N–H and O–H groups in total. The molecule has 0 saturated carbocycles. The van der Waals surface area contributed by atoms with E-state index < -0.39 is 0 Å². The van der Waals surface area contributed by atoms with Gasteiger partial charge in [-0.1, -0.05) is 37.3 Å². The molecule has 0 spiro atoms. The largest absolute Gasteiger partial charge is 0.468 e. The standard InChI is InChI=1S/C17H26N2O2/c1-3-18-16(17(20)21-2)10-12-19-11-9-15(13-19)14-7-5-4-6-8-14/h4-8,15-16,18H,3,9-13H2,1-2H3. The van der Waals surface area contributed by atoms with Gasteiger partial charge in [0, 0.05) is 13.1 Å². The summed E-state index contributed by atoms with van der Waals surface area (Å²) in [5.41, 5.74) is 1.43. The van der Waals surface area contributed by atoms with Crippen molar-refractivity contribution < 1.29 is 9.53 Å². The third-order valence-electron chi connectivity index (χ3n) is 4.21. The highest BCUT2D eigenvalue weighted by molar-refractivity contribution is 5.75. The van der Waals surface area contributed by atoms with Crippen LogP contribution in [0.15, 0.2) is 30.3 Å². The van der Waals surface area contributed by atoms with E-state index in [-0.39, 0.29) is 12.0 Å². The van der Waals surface area contributed by atoms with Crippen molar-refractivity contribution in [2.45, 2.75) is 31.7 Å². The molecular formula is C17H26N2O2. The van der Waals surface area contributed by atoms with Crippen LogP contribution in [-0.2, 0) is 9.53 Å². The van der Waals surface area contributed by atoms with Gasteiger partial charge in [0.2, 0.25) is 0 Å². The highest BCUT2D eigenvalue weighted by Gasteiger charge is 2.25. The normalized spacial score (nSPS) is 20.4. The fraction of sp³-hybridized carbons (Fsp3) is 0.588. The van der Waals surface area contributed by atoms with Crippen LogP contribution in [0.25, 0.3) is 0 Å². The number of carbonyl (C=O) groups is 1. The first-order valence-electron chi connectivity index (χ1n) is 7.83. The number of methoxy groups -OCH3 is 1. The number of hydrogen-bond donors (Lipinski definition) is 1. The number of nitrogens with one attached hydrogen (secondary N) is 1. The summed E-state index contributed by atoms with van der Waals surface area (Å²) in [7, 11) is 1.45. The summed E-state index contributed by atoms with van der Waals surface area (Å²) in [6, 6.07) is 10.5. The van der Waals surface area contributed by atoms with E-state index in [0.29, 0.717) is 5.92 Å². The van der Waals surface area contributed by atoms with Gasteiger partial charge in [-0.3, -0.25) is 4.79 Å². The van der Waals surface area contributed by atoms with Crippen molar-refractivity contribution >= 4 is 5.97 Å². The summed E-state index contributed by atoms with van der Waals surface area (Å²) >= 11 is 0. The van der Waals surface area contributed by atoms with Crippen LogP contribution < -0.4 is 5.32 Å². The highest BCUT2D eigenvalue weighted by Crippen LogP contribution is 2.26. The lowest BCUT2D eigenvalue weighted by molar-refractivity contribution is -0.143. The Labute approximate surface area is 127 Å². The van der Waals surface area contributed by atoms with Crippen LogP contribution >= 0.6 is 0 Å². The second-order valence-electron chi connectivity index (χ2n) is 5.62. The van der Waals surface area contributed by atoms with Gasteiger partial charge in [-0.25, -0.2) is 0 Å². The van der Waals surface area contributed by atoms with Gasteiger partial charge in [-0.2, -0.15) is 0 Å². The maximum Gasteiger partial charge on any atom is 0.322 e. The maximum absolute atomic E-state index is 11.7. The lowest BCUT2D eigenvalue weighted by atomic mass is 9.99. The number of nitrogens with zero attached hydrogens (tertiary/aromatic N) is 1. The number of likely N-dealkylation sites (N-methyl/N-ethyl adjacent to an activating group) is 1. The summed E-state index contributed by atoms with van der Waals surface area (Å²) < 4.78 is 4.85. The van der Waals surface area contributed by atoms with Gasteiger partial charge in [0.1, 0.15) is 6.04 Å². The first kappa shape index (κ1) is 16.0. The molecule has 2 atom stereocenters. The number of carbonyl (C=O) groups excluding carboxylic acids is 1.